The van der Waals surface area contributed by atoms with Crippen LogP contribution in [0.4, 0.5) is 5.69 Å². The molecule has 0 unspecified atom stereocenters. The van der Waals surface area contributed by atoms with E-state index in [4.69, 9.17) is 4.99 Å². The molecular weight excluding hydrogens is 481 g/mol. The molecule has 152 valence electrons. The number of anilines is 1. The molecule has 0 fully saturated rings. The number of hydrogen-bond donors (Lipinski definition) is 2. The first kappa shape index (κ1) is 22.7. The molecule has 0 saturated heterocycles. The minimum Gasteiger partial charge on any atom is -0.364 e. The zero-order valence-electron chi connectivity index (χ0n) is 16.6. The summed E-state index contributed by atoms with van der Waals surface area (Å²) in [6, 6.07) is 8.71. The fourth-order valence-corrected chi connectivity index (χ4v) is 3.79. The van der Waals surface area contributed by atoms with Crippen LogP contribution < -0.4 is 15.5 Å². The third kappa shape index (κ3) is 6.77. The molecule has 5 nitrogen and oxygen atoms in total. The molecule has 0 bridgehead atoms. The average molecular weight is 511 g/mol. The molecule has 0 aliphatic carbocycles. The summed E-state index contributed by atoms with van der Waals surface area (Å²) in [6.45, 7) is 8.62. The van der Waals surface area contributed by atoms with Crippen LogP contribution >= 0.6 is 35.3 Å². The molecule has 1 aliphatic rings. The van der Waals surface area contributed by atoms with Gasteiger partial charge in [0.25, 0.3) is 0 Å². The lowest BCUT2D eigenvalue weighted by Crippen LogP contribution is -2.38. The third-order valence-corrected chi connectivity index (χ3v) is 5.67. The summed E-state index contributed by atoms with van der Waals surface area (Å²) in [5.74, 6) is 0.859. The maximum absolute atomic E-state index is 4.71. The van der Waals surface area contributed by atoms with Crippen LogP contribution in [0.25, 0.3) is 0 Å². The summed E-state index contributed by atoms with van der Waals surface area (Å²) >= 11 is 1.80. The quantitative estimate of drug-likeness (QED) is 0.244. The summed E-state index contributed by atoms with van der Waals surface area (Å²) in [7, 11) is 0. The van der Waals surface area contributed by atoms with Crippen molar-refractivity contribution in [1.29, 1.82) is 0 Å². The van der Waals surface area contributed by atoms with E-state index in [0.717, 1.165) is 45.0 Å². The Balaban J connectivity index is 0.00000280. The number of aryl methyl sites for hydroxylation is 1. The van der Waals surface area contributed by atoms with Crippen molar-refractivity contribution in [1.82, 2.24) is 15.6 Å². The van der Waals surface area contributed by atoms with Gasteiger partial charge < -0.3 is 15.5 Å². The first-order valence-corrected chi connectivity index (χ1v) is 10.5. The Morgan fingerprint density at radius 1 is 1.14 bits per heavy atom. The van der Waals surface area contributed by atoms with Gasteiger partial charge in [0.2, 0.25) is 0 Å². The van der Waals surface area contributed by atoms with Crippen LogP contribution in [-0.2, 0) is 19.4 Å². The van der Waals surface area contributed by atoms with E-state index in [1.807, 2.05) is 6.20 Å². The Morgan fingerprint density at radius 3 is 2.54 bits per heavy atom. The number of aromatic nitrogens is 1. The highest BCUT2D eigenvalue weighted by molar-refractivity contribution is 14.0. The Morgan fingerprint density at radius 2 is 1.89 bits per heavy atom. The molecule has 7 heteroatoms. The van der Waals surface area contributed by atoms with Crippen LogP contribution in [0.2, 0.25) is 0 Å². The lowest BCUT2D eigenvalue weighted by atomic mass is 10.2. The average Bonchev–Trinajstić information content (AvgIpc) is 3.38. The zero-order valence-corrected chi connectivity index (χ0v) is 19.8. The fraction of sp³-hybridized carbons (Fsp3) is 0.429. The van der Waals surface area contributed by atoms with Gasteiger partial charge in [-0.3, -0.25) is 0 Å². The smallest absolute Gasteiger partial charge is 0.191 e. The van der Waals surface area contributed by atoms with Crippen molar-refractivity contribution in [2.45, 2.75) is 33.2 Å². The van der Waals surface area contributed by atoms with E-state index in [2.05, 4.69) is 70.8 Å². The predicted molar refractivity (Wildman–Crippen MR) is 131 cm³/mol. The molecule has 28 heavy (non-hydrogen) atoms. The second kappa shape index (κ2) is 12.1. The SMILES string of the molecule is CCNC(=NCc1ccc(N2CC=CC2)cc1)NCCc1ncc(CC)s1.I. The number of halogens is 1. The number of hydrogen-bond acceptors (Lipinski definition) is 4. The fourth-order valence-electron chi connectivity index (χ4n) is 2.93. The Labute approximate surface area is 189 Å². The molecule has 0 amide bonds. The first-order valence-electron chi connectivity index (χ1n) is 9.73. The zero-order chi connectivity index (χ0) is 18.9. The second-order valence-electron chi connectivity index (χ2n) is 6.49. The lowest BCUT2D eigenvalue weighted by molar-refractivity contribution is 0.796. The molecule has 0 radical (unpaired) electrons. The highest BCUT2D eigenvalue weighted by Gasteiger charge is 2.07. The maximum atomic E-state index is 4.71. The summed E-state index contributed by atoms with van der Waals surface area (Å²) in [5, 5.41) is 7.91. The molecule has 0 saturated carbocycles. The molecule has 1 aliphatic heterocycles. The monoisotopic (exact) mass is 511 g/mol. The Bertz CT molecular complexity index is 761. The van der Waals surface area contributed by atoms with Crippen LogP contribution in [0.3, 0.4) is 0 Å². The number of nitrogens with one attached hydrogen (secondary N) is 2. The minimum absolute atomic E-state index is 0. The van der Waals surface area contributed by atoms with Crippen LogP contribution in [0.1, 0.15) is 29.3 Å². The highest BCUT2D eigenvalue weighted by Crippen LogP contribution is 2.18. The molecule has 1 aromatic carbocycles. The van der Waals surface area contributed by atoms with Gasteiger partial charge in [0.05, 0.1) is 11.6 Å². The van der Waals surface area contributed by atoms with Gasteiger partial charge in [-0.2, -0.15) is 0 Å². The van der Waals surface area contributed by atoms with Crippen molar-refractivity contribution < 1.29 is 0 Å². The van der Waals surface area contributed by atoms with Gasteiger partial charge in [-0.1, -0.05) is 31.2 Å². The van der Waals surface area contributed by atoms with Gasteiger partial charge in [0, 0.05) is 49.4 Å². The van der Waals surface area contributed by atoms with Gasteiger partial charge in [-0.15, -0.1) is 35.3 Å². The van der Waals surface area contributed by atoms with Gasteiger partial charge >= 0.3 is 0 Å². The molecule has 0 atom stereocenters. The number of rotatable bonds is 8. The number of guanidine groups is 1. The second-order valence-corrected chi connectivity index (χ2v) is 7.69. The molecule has 0 spiro atoms. The largest absolute Gasteiger partial charge is 0.364 e. The highest BCUT2D eigenvalue weighted by atomic mass is 127. The van der Waals surface area contributed by atoms with E-state index >= 15 is 0 Å². The summed E-state index contributed by atoms with van der Waals surface area (Å²) in [5.41, 5.74) is 2.49. The van der Waals surface area contributed by atoms with Crippen molar-refractivity contribution in [2.24, 2.45) is 4.99 Å². The van der Waals surface area contributed by atoms with E-state index < -0.39 is 0 Å². The van der Waals surface area contributed by atoms with Crippen molar-refractivity contribution >= 4 is 47.0 Å². The van der Waals surface area contributed by atoms with Crippen molar-refractivity contribution in [3.63, 3.8) is 0 Å². The minimum atomic E-state index is 0. The molecular formula is C21H30IN5S. The third-order valence-electron chi connectivity index (χ3n) is 4.46. The van der Waals surface area contributed by atoms with Crippen LogP contribution in [-0.4, -0.2) is 37.1 Å². The molecule has 2 heterocycles. The summed E-state index contributed by atoms with van der Waals surface area (Å²) < 4.78 is 0. The topological polar surface area (TPSA) is 52.6 Å². The molecule has 1 aromatic heterocycles. The van der Waals surface area contributed by atoms with Crippen molar-refractivity contribution in [2.75, 3.05) is 31.1 Å². The molecule has 2 aromatic rings. The number of nitrogens with zero attached hydrogens (tertiary/aromatic N) is 3. The van der Waals surface area contributed by atoms with Crippen LogP contribution in [0.15, 0.2) is 47.6 Å². The number of benzene rings is 1. The number of aliphatic imine (C=N–C) groups is 1. The van der Waals surface area contributed by atoms with Gasteiger partial charge in [-0.05, 0) is 31.0 Å². The van der Waals surface area contributed by atoms with E-state index in [1.54, 1.807) is 11.3 Å². The van der Waals surface area contributed by atoms with E-state index in [9.17, 15) is 0 Å². The Kier molecular flexibility index (Phi) is 9.77. The van der Waals surface area contributed by atoms with Crippen molar-refractivity contribution in [3.8, 4) is 0 Å². The summed E-state index contributed by atoms with van der Waals surface area (Å²) in [4.78, 5) is 12.9. The number of thiazole rings is 1. The molecule has 2 N–H and O–H groups in total. The van der Waals surface area contributed by atoms with Crippen molar-refractivity contribution in [3.05, 3.63) is 58.1 Å². The van der Waals surface area contributed by atoms with Gasteiger partial charge in [0.15, 0.2) is 5.96 Å². The van der Waals surface area contributed by atoms with E-state index in [-0.39, 0.29) is 24.0 Å². The van der Waals surface area contributed by atoms with Gasteiger partial charge in [-0.25, -0.2) is 9.98 Å². The van der Waals surface area contributed by atoms with Crippen LogP contribution in [0, 0.1) is 0 Å². The summed E-state index contributed by atoms with van der Waals surface area (Å²) in [6.07, 6.45) is 8.39. The normalized spacial score (nSPS) is 13.5. The standard InChI is InChI=1S/C21H29N5S.HI/c1-3-19-16-24-20(27-19)11-12-23-21(22-4-2)25-15-17-7-9-18(10-8-17)26-13-5-6-14-26;/h5-10,16H,3-4,11-15H2,1-2H3,(H2,22,23,25);1H. The van der Waals surface area contributed by atoms with E-state index in [1.165, 1.54) is 21.1 Å². The van der Waals surface area contributed by atoms with Gasteiger partial charge in [0.1, 0.15) is 0 Å². The molecule has 3 rings (SSSR count). The Hall–Kier alpha value is -1.61. The maximum Gasteiger partial charge on any atom is 0.191 e. The van der Waals surface area contributed by atoms with Crippen LogP contribution in [0.5, 0.6) is 0 Å². The van der Waals surface area contributed by atoms with E-state index in [0.29, 0.717) is 6.54 Å². The first-order chi connectivity index (χ1) is 13.3. The predicted octanol–water partition coefficient (Wildman–Crippen LogP) is 4.00. The lowest BCUT2D eigenvalue weighted by Gasteiger charge is -2.17.